The molecule has 0 unspecified atom stereocenters. The van der Waals surface area contributed by atoms with Crippen molar-refractivity contribution in [1.82, 2.24) is 0 Å². The summed E-state index contributed by atoms with van der Waals surface area (Å²) in [7, 11) is 0. The number of hydrogen-bond acceptors (Lipinski definition) is 6. The average Bonchev–Trinajstić information content (AvgIpc) is 3.24. The Bertz CT molecular complexity index is 657. The summed E-state index contributed by atoms with van der Waals surface area (Å²) in [5.74, 6) is 1.18. The van der Waals surface area contributed by atoms with Crippen LogP contribution in [0.4, 0.5) is 0 Å². The molecule has 1 aromatic rings. The average molecular weight is 435 g/mol. The lowest BCUT2D eigenvalue weighted by molar-refractivity contribution is -0.145. The first-order chi connectivity index (χ1) is 15.2. The number of hydrogen-bond donors (Lipinski definition) is 0. The van der Waals surface area contributed by atoms with Crippen LogP contribution in [0, 0.1) is 0 Å². The summed E-state index contributed by atoms with van der Waals surface area (Å²) >= 11 is 0. The van der Waals surface area contributed by atoms with Gasteiger partial charge in [-0.1, -0.05) is 64.4 Å². The molecular formula is C25H38O6. The van der Waals surface area contributed by atoms with Crippen LogP contribution in [0.25, 0.3) is 0 Å². The fourth-order valence-electron chi connectivity index (χ4n) is 3.48. The van der Waals surface area contributed by atoms with E-state index in [4.69, 9.17) is 18.9 Å². The summed E-state index contributed by atoms with van der Waals surface area (Å²) < 4.78 is 21.2. The van der Waals surface area contributed by atoms with E-state index in [0.29, 0.717) is 25.2 Å². The third-order valence-electron chi connectivity index (χ3n) is 5.36. The minimum absolute atomic E-state index is 0.0688. The molecule has 0 aliphatic carbocycles. The molecule has 0 spiro atoms. The molecule has 0 fully saturated rings. The van der Waals surface area contributed by atoms with Gasteiger partial charge < -0.3 is 18.9 Å². The van der Waals surface area contributed by atoms with E-state index in [2.05, 4.69) is 6.92 Å². The SMILES string of the molecule is CCCCCCCOC(=O)CCCCCCCCC(=O)OCc1ccc2c(c1)OCO2. The molecule has 31 heavy (non-hydrogen) atoms. The van der Waals surface area contributed by atoms with E-state index in [1.54, 1.807) is 0 Å². The molecule has 1 aliphatic rings. The van der Waals surface area contributed by atoms with Crippen molar-refractivity contribution in [2.24, 2.45) is 0 Å². The lowest BCUT2D eigenvalue weighted by Crippen LogP contribution is -2.05. The van der Waals surface area contributed by atoms with Crippen molar-refractivity contribution >= 4 is 11.9 Å². The third-order valence-corrected chi connectivity index (χ3v) is 5.36. The normalized spacial score (nSPS) is 12.0. The molecule has 0 amide bonds. The zero-order chi connectivity index (χ0) is 22.2. The lowest BCUT2D eigenvalue weighted by Gasteiger charge is -2.06. The van der Waals surface area contributed by atoms with Gasteiger partial charge in [0.25, 0.3) is 0 Å². The molecule has 2 rings (SSSR count). The number of ether oxygens (including phenoxy) is 4. The number of esters is 2. The summed E-state index contributed by atoms with van der Waals surface area (Å²) in [5.41, 5.74) is 0.896. The smallest absolute Gasteiger partial charge is 0.306 e. The molecule has 0 atom stereocenters. The van der Waals surface area contributed by atoms with Crippen LogP contribution < -0.4 is 9.47 Å². The van der Waals surface area contributed by atoms with E-state index in [-0.39, 0.29) is 25.3 Å². The fourth-order valence-corrected chi connectivity index (χ4v) is 3.48. The van der Waals surface area contributed by atoms with Crippen molar-refractivity contribution in [3.63, 3.8) is 0 Å². The van der Waals surface area contributed by atoms with Gasteiger partial charge in [0.05, 0.1) is 6.61 Å². The number of benzene rings is 1. The molecule has 0 radical (unpaired) electrons. The van der Waals surface area contributed by atoms with Gasteiger partial charge in [-0.2, -0.15) is 0 Å². The summed E-state index contributed by atoms with van der Waals surface area (Å²) in [5, 5.41) is 0. The summed E-state index contributed by atoms with van der Waals surface area (Å²) in [6, 6.07) is 5.56. The van der Waals surface area contributed by atoms with Crippen LogP contribution in [0.3, 0.4) is 0 Å². The van der Waals surface area contributed by atoms with Crippen LogP contribution in [-0.4, -0.2) is 25.3 Å². The van der Waals surface area contributed by atoms with E-state index in [9.17, 15) is 9.59 Å². The number of carbonyl (C=O) groups excluding carboxylic acids is 2. The minimum atomic E-state index is -0.171. The fraction of sp³-hybridized carbons (Fsp3) is 0.680. The zero-order valence-corrected chi connectivity index (χ0v) is 19.0. The number of unbranched alkanes of at least 4 members (excludes halogenated alkanes) is 9. The maximum absolute atomic E-state index is 11.9. The highest BCUT2D eigenvalue weighted by atomic mass is 16.7. The Hall–Kier alpha value is -2.24. The van der Waals surface area contributed by atoms with Crippen molar-refractivity contribution in [2.75, 3.05) is 13.4 Å². The Morgan fingerprint density at radius 1 is 0.774 bits per heavy atom. The zero-order valence-electron chi connectivity index (χ0n) is 19.0. The first-order valence-corrected chi connectivity index (χ1v) is 11.9. The minimum Gasteiger partial charge on any atom is -0.466 e. The largest absolute Gasteiger partial charge is 0.466 e. The van der Waals surface area contributed by atoms with E-state index in [1.807, 2.05) is 18.2 Å². The molecule has 0 aromatic heterocycles. The van der Waals surface area contributed by atoms with Gasteiger partial charge in [0.15, 0.2) is 11.5 Å². The maximum atomic E-state index is 11.9. The molecule has 0 saturated carbocycles. The van der Waals surface area contributed by atoms with Gasteiger partial charge >= 0.3 is 11.9 Å². The standard InChI is InChI=1S/C25H38O6/c1-2-3-4-9-12-17-28-24(26)13-10-7-5-6-8-11-14-25(27)29-19-21-15-16-22-23(18-21)31-20-30-22/h15-16,18H,2-14,17,19-20H2,1H3. The Balaban J connectivity index is 1.37. The van der Waals surface area contributed by atoms with E-state index in [0.717, 1.165) is 62.7 Å². The first kappa shape index (κ1) is 25.0. The topological polar surface area (TPSA) is 71.1 Å². The van der Waals surface area contributed by atoms with Crippen LogP contribution >= 0.6 is 0 Å². The van der Waals surface area contributed by atoms with Gasteiger partial charge in [-0.25, -0.2) is 0 Å². The lowest BCUT2D eigenvalue weighted by atomic mass is 10.1. The Kier molecular flexibility index (Phi) is 12.5. The molecule has 6 nitrogen and oxygen atoms in total. The number of carbonyl (C=O) groups is 2. The molecule has 174 valence electrons. The first-order valence-electron chi connectivity index (χ1n) is 11.9. The second-order valence-corrected chi connectivity index (χ2v) is 8.10. The number of rotatable bonds is 17. The highest BCUT2D eigenvalue weighted by Crippen LogP contribution is 2.32. The maximum Gasteiger partial charge on any atom is 0.306 e. The predicted octanol–water partition coefficient (Wildman–Crippen LogP) is 6.09. The van der Waals surface area contributed by atoms with Gasteiger partial charge in [-0.3, -0.25) is 9.59 Å². The van der Waals surface area contributed by atoms with Crippen molar-refractivity contribution in [1.29, 1.82) is 0 Å². The molecule has 0 saturated heterocycles. The van der Waals surface area contributed by atoms with E-state index < -0.39 is 0 Å². The number of fused-ring (bicyclic) bond motifs is 1. The van der Waals surface area contributed by atoms with Gasteiger partial charge in [0.2, 0.25) is 6.79 Å². The van der Waals surface area contributed by atoms with Gasteiger partial charge in [-0.05, 0) is 37.0 Å². The van der Waals surface area contributed by atoms with Crippen LogP contribution in [-0.2, 0) is 25.7 Å². The molecule has 0 N–H and O–H groups in total. The predicted molar refractivity (Wildman–Crippen MR) is 119 cm³/mol. The third kappa shape index (κ3) is 11.1. The molecule has 1 heterocycles. The Morgan fingerprint density at radius 2 is 1.39 bits per heavy atom. The van der Waals surface area contributed by atoms with Crippen LogP contribution in [0.1, 0.15) is 96.0 Å². The summed E-state index contributed by atoms with van der Waals surface area (Å²) in [6.07, 6.45) is 12.7. The van der Waals surface area contributed by atoms with Crippen molar-refractivity contribution < 1.29 is 28.5 Å². The van der Waals surface area contributed by atoms with Gasteiger partial charge in [0.1, 0.15) is 6.61 Å². The molecule has 6 heteroatoms. The van der Waals surface area contributed by atoms with E-state index in [1.165, 1.54) is 19.3 Å². The van der Waals surface area contributed by atoms with Crippen LogP contribution in [0.15, 0.2) is 18.2 Å². The highest BCUT2D eigenvalue weighted by molar-refractivity contribution is 5.69. The van der Waals surface area contributed by atoms with Crippen LogP contribution in [0.5, 0.6) is 11.5 Å². The second kappa shape index (κ2) is 15.5. The quantitative estimate of drug-likeness (QED) is 0.218. The Morgan fingerprint density at radius 3 is 2.13 bits per heavy atom. The molecular weight excluding hydrogens is 396 g/mol. The van der Waals surface area contributed by atoms with Crippen molar-refractivity contribution in [3.8, 4) is 11.5 Å². The highest BCUT2D eigenvalue weighted by Gasteiger charge is 2.13. The molecule has 1 aliphatic heterocycles. The molecule has 1 aromatic carbocycles. The van der Waals surface area contributed by atoms with Crippen molar-refractivity contribution in [3.05, 3.63) is 23.8 Å². The van der Waals surface area contributed by atoms with E-state index >= 15 is 0 Å². The van der Waals surface area contributed by atoms with Crippen LogP contribution in [0.2, 0.25) is 0 Å². The summed E-state index contributed by atoms with van der Waals surface area (Å²) in [6.45, 7) is 3.25. The summed E-state index contributed by atoms with van der Waals surface area (Å²) in [4.78, 5) is 23.6. The van der Waals surface area contributed by atoms with Gasteiger partial charge in [0, 0.05) is 12.8 Å². The Labute approximate surface area is 186 Å². The monoisotopic (exact) mass is 434 g/mol. The van der Waals surface area contributed by atoms with Gasteiger partial charge in [-0.15, -0.1) is 0 Å². The molecule has 0 bridgehead atoms. The second-order valence-electron chi connectivity index (χ2n) is 8.10. The van der Waals surface area contributed by atoms with Crippen molar-refractivity contribution in [2.45, 2.75) is 97.0 Å².